The monoisotopic (exact) mass is 262 g/mol. The Balaban J connectivity index is 1.93. The number of nitrogens with zero attached hydrogens (tertiary/aromatic N) is 1. The number of hydrogen-bond acceptors (Lipinski definition) is 4. The zero-order chi connectivity index (χ0) is 12.6. The van der Waals surface area contributed by atoms with Gasteiger partial charge < -0.3 is 10.4 Å². The van der Waals surface area contributed by atoms with E-state index in [1.165, 1.54) is 11.3 Å². The van der Waals surface area contributed by atoms with E-state index in [1.54, 1.807) is 0 Å². The number of fused-ring (bicyclic) bond motifs is 1. The number of aromatic nitrogens is 1. The first-order valence-corrected chi connectivity index (χ1v) is 6.88. The number of benzene rings is 1. The number of para-hydroxylation sites is 1. The Morgan fingerprint density at radius 3 is 2.72 bits per heavy atom. The molecule has 1 aliphatic rings. The molecule has 0 unspecified atom stereocenters. The van der Waals surface area contributed by atoms with Crippen LogP contribution in [0.15, 0.2) is 24.3 Å². The van der Waals surface area contributed by atoms with Gasteiger partial charge >= 0.3 is 5.97 Å². The van der Waals surface area contributed by atoms with E-state index in [2.05, 4.69) is 10.3 Å². The molecule has 0 amide bonds. The summed E-state index contributed by atoms with van der Waals surface area (Å²) in [6.45, 7) is 0. The van der Waals surface area contributed by atoms with Crippen molar-refractivity contribution < 1.29 is 9.90 Å². The average Bonchev–Trinajstić information content (AvgIpc) is 2.95. The molecule has 0 saturated heterocycles. The van der Waals surface area contributed by atoms with Crippen molar-refractivity contribution in [3.8, 4) is 0 Å². The van der Waals surface area contributed by atoms with Crippen molar-refractivity contribution >= 4 is 32.7 Å². The van der Waals surface area contributed by atoms with Gasteiger partial charge in [0.05, 0.1) is 10.2 Å². The predicted octanol–water partition coefficient (Wildman–Crippen LogP) is 3.11. The molecular formula is C13H14N2O2S. The van der Waals surface area contributed by atoms with Crippen LogP contribution >= 0.6 is 11.3 Å². The lowest BCUT2D eigenvalue weighted by molar-refractivity contribution is -0.142. The summed E-state index contributed by atoms with van der Waals surface area (Å²) in [5.41, 5.74) is 0.108. The van der Waals surface area contributed by atoms with Crippen molar-refractivity contribution in [3.05, 3.63) is 24.3 Å². The first-order valence-electron chi connectivity index (χ1n) is 6.07. The molecule has 1 aromatic heterocycles. The SMILES string of the molecule is O=C(O)C1(Nc2nc3ccccc3s2)CCCC1. The Morgan fingerprint density at radius 1 is 1.33 bits per heavy atom. The molecule has 0 aliphatic heterocycles. The van der Waals surface area contributed by atoms with Gasteiger partial charge in [-0.25, -0.2) is 9.78 Å². The lowest BCUT2D eigenvalue weighted by atomic mass is 9.98. The second-order valence-corrected chi connectivity index (χ2v) is 5.74. The quantitative estimate of drug-likeness (QED) is 0.892. The van der Waals surface area contributed by atoms with Crippen molar-refractivity contribution in [2.24, 2.45) is 0 Å². The second kappa shape index (κ2) is 4.24. The molecule has 0 spiro atoms. The minimum absolute atomic E-state index is 0.679. The number of hydrogen-bond donors (Lipinski definition) is 2. The lowest BCUT2D eigenvalue weighted by Crippen LogP contribution is -2.43. The molecule has 4 nitrogen and oxygen atoms in total. The summed E-state index contributed by atoms with van der Waals surface area (Å²) in [7, 11) is 0. The van der Waals surface area contributed by atoms with E-state index in [-0.39, 0.29) is 0 Å². The average molecular weight is 262 g/mol. The van der Waals surface area contributed by atoms with Gasteiger partial charge in [-0.3, -0.25) is 0 Å². The number of carboxylic acid groups (broad SMARTS) is 1. The van der Waals surface area contributed by atoms with E-state index in [9.17, 15) is 9.90 Å². The van der Waals surface area contributed by atoms with Gasteiger partial charge in [0.25, 0.3) is 0 Å². The number of carboxylic acids is 1. The van der Waals surface area contributed by atoms with E-state index in [4.69, 9.17) is 0 Å². The Bertz CT molecular complexity index is 554. The van der Waals surface area contributed by atoms with E-state index in [0.717, 1.165) is 23.1 Å². The molecule has 1 aliphatic carbocycles. The van der Waals surface area contributed by atoms with Crippen LogP contribution in [0.3, 0.4) is 0 Å². The molecular weight excluding hydrogens is 248 g/mol. The summed E-state index contributed by atoms with van der Waals surface area (Å²) in [5, 5.41) is 13.3. The van der Waals surface area contributed by atoms with Crippen molar-refractivity contribution in [1.29, 1.82) is 0 Å². The van der Waals surface area contributed by atoms with Gasteiger partial charge in [0.2, 0.25) is 0 Å². The van der Waals surface area contributed by atoms with Crippen LogP contribution in [0.5, 0.6) is 0 Å². The highest BCUT2D eigenvalue weighted by Crippen LogP contribution is 2.35. The summed E-state index contributed by atoms with van der Waals surface area (Å²) in [4.78, 5) is 15.9. The molecule has 0 bridgehead atoms. The maximum absolute atomic E-state index is 11.5. The normalized spacial score (nSPS) is 18.0. The van der Waals surface area contributed by atoms with E-state index in [1.807, 2.05) is 24.3 Å². The van der Waals surface area contributed by atoms with Crippen LogP contribution < -0.4 is 5.32 Å². The Labute approximate surface area is 109 Å². The fraction of sp³-hybridized carbons (Fsp3) is 0.385. The smallest absolute Gasteiger partial charge is 0.329 e. The first kappa shape index (κ1) is 11.5. The van der Waals surface area contributed by atoms with E-state index >= 15 is 0 Å². The summed E-state index contributed by atoms with van der Waals surface area (Å²) in [6.07, 6.45) is 3.28. The zero-order valence-electron chi connectivity index (χ0n) is 9.85. The molecule has 0 radical (unpaired) electrons. The number of thiazole rings is 1. The van der Waals surface area contributed by atoms with Crippen molar-refractivity contribution in [2.45, 2.75) is 31.2 Å². The molecule has 3 rings (SSSR count). The van der Waals surface area contributed by atoms with Crippen LogP contribution in [0.2, 0.25) is 0 Å². The Kier molecular flexibility index (Phi) is 2.70. The van der Waals surface area contributed by atoms with Gasteiger partial charge in [-0.1, -0.05) is 36.3 Å². The molecule has 5 heteroatoms. The molecule has 0 atom stereocenters. The molecule has 1 fully saturated rings. The number of carbonyl (C=O) groups is 1. The first-order chi connectivity index (χ1) is 8.70. The molecule has 1 aromatic carbocycles. The van der Waals surface area contributed by atoms with Crippen LogP contribution in [0.25, 0.3) is 10.2 Å². The van der Waals surface area contributed by atoms with Crippen molar-refractivity contribution in [1.82, 2.24) is 4.98 Å². The summed E-state index contributed by atoms with van der Waals surface area (Å²) in [6, 6.07) is 7.85. The number of nitrogens with one attached hydrogen (secondary N) is 1. The van der Waals surface area contributed by atoms with E-state index in [0.29, 0.717) is 18.0 Å². The van der Waals surface area contributed by atoms with Crippen molar-refractivity contribution in [3.63, 3.8) is 0 Å². The second-order valence-electron chi connectivity index (χ2n) is 4.71. The van der Waals surface area contributed by atoms with Crippen molar-refractivity contribution in [2.75, 3.05) is 5.32 Å². The summed E-state index contributed by atoms with van der Waals surface area (Å²) < 4.78 is 1.08. The minimum Gasteiger partial charge on any atom is -0.480 e. The molecule has 94 valence electrons. The summed E-state index contributed by atoms with van der Waals surface area (Å²) >= 11 is 1.51. The van der Waals surface area contributed by atoms with E-state index < -0.39 is 11.5 Å². The maximum atomic E-state index is 11.5. The summed E-state index contributed by atoms with van der Waals surface area (Å²) in [5.74, 6) is -0.765. The molecule has 1 heterocycles. The Hall–Kier alpha value is -1.62. The molecule has 1 saturated carbocycles. The zero-order valence-corrected chi connectivity index (χ0v) is 10.7. The van der Waals surface area contributed by atoms with Crippen LogP contribution in [0.1, 0.15) is 25.7 Å². The maximum Gasteiger partial charge on any atom is 0.329 e. The highest BCUT2D eigenvalue weighted by atomic mass is 32.1. The highest BCUT2D eigenvalue weighted by molar-refractivity contribution is 7.22. The molecule has 2 aromatic rings. The molecule has 18 heavy (non-hydrogen) atoms. The third-order valence-corrected chi connectivity index (χ3v) is 4.46. The molecule has 2 N–H and O–H groups in total. The topological polar surface area (TPSA) is 62.2 Å². The fourth-order valence-electron chi connectivity index (χ4n) is 2.50. The number of anilines is 1. The van der Waals surface area contributed by atoms with Gasteiger partial charge in [-0.15, -0.1) is 0 Å². The minimum atomic E-state index is -0.812. The standard InChI is InChI=1S/C13H14N2O2S/c16-11(17)13(7-3-4-8-13)15-12-14-9-5-1-2-6-10(9)18-12/h1-2,5-6H,3-4,7-8H2,(H,14,15)(H,16,17). The number of aliphatic carboxylic acids is 1. The third-order valence-electron chi connectivity index (χ3n) is 3.51. The highest BCUT2D eigenvalue weighted by Gasteiger charge is 2.41. The van der Waals surface area contributed by atoms with Gasteiger partial charge in [0.15, 0.2) is 5.13 Å². The fourth-order valence-corrected chi connectivity index (χ4v) is 3.46. The van der Waals surface area contributed by atoms with Crippen LogP contribution in [-0.2, 0) is 4.79 Å². The lowest BCUT2D eigenvalue weighted by Gasteiger charge is -2.24. The third kappa shape index (κ3) is 1.84. The van der Waals surface area contributed by atoms with Gasteiger partial charge in [0, 0.05) is 0 Å². The van der Waals surface area contributed by atoms with Crippen LogP contribution in [0, 0.1) is 0 Å². The van der Waals surface area contributed by atoms with Gasteiger partial charge in [-0.05, 0) is 25.0 Å². The number of rotatable bonds is 3. The van der Waals surface area contributed by atoms with Gasteiger partial charge in [0.1, 0.15) is 5.54 Å². The van der Waals surface area contributed by atoms with Gasteiger partial charge in [-0.2, -0.15) is 0 Å². The Morgan fingerprint density at radius 2 is 2.06 bits per heavy atom. The predicted molar refractivity (Wildman–Crippen MR) is 72.1 cm³/mol. The van der Waals surface area contributed by atoms with Crippen LogP contribution in [-0.4, -0.2) is 21.6 Å². The largest absolute Gasteiger partial charge is 0.480 e. The van der Waals surface area contributed by atoms with Crippen LogP contribution in [0.4, 0.5) is 5.13 Å².